The van der Waals surface area contributed by atoms with Crippen molar-refractivity contribution in [3.05, 3.63) is 64.9 Å². The van der Waals surface area contributed by atoms with Gasteiger partial charge in [-0.15, -0.1) is 0 Å². The van der Waals surface area contributed by atoms with Crippen LogP contribution in [0.5, 0.6) is 0 Å². The molecule has 19 heavy (non-hydrogen) atoms. The maximum Gasteiger partial charge on any atom is 0.224 e. The Morgan fingerprint density at radius 2 is 2.00 bits per heavy atom. The van der Waals surface area contributed by atoms with Crippen LogP contribution < -0.4 is 5.32 Å². The molecule has 0 saturated heterocycles. The zero-order chi connectivity index (χ0) is 13.7. The normalized spacial score (nSPS) is 11.9. The molecular weight excluding hydrogens is 260 g/mol. The van der Waals surface area contributed by atoms with Gasteiger partial charge in [0.05, 0.1) is 18.2 Å². The lowest BCUT2D eigenvalue weighted by atomic mass is 10.1. The van der Waals surface area contributed by atoms with Gasteiger partial charge in [-0.25, -0.2) is 0 Å². The predicted molar refractivity (Wildman–Crippen MR) is 76.0 cm³/mol. The summed E-state index contributed by atoms with van der Waals surface area (Å²) >= 11 is 6.03. The monoisotopic (exact) mass is 274 g/mol. The third-order valence-electron chi connectivity index (χ3n) is 2.82. The second kappa shape index (κ2) is 6.34. The Hall–Kier alpha value is -1.87. The average Bonchev–Trinajstić information content (AvgIpc) is 2.42. The number of aromatic nitrogens is 1. The molecule has 1 aromatic heterocycles. The van der Waals surface area contributed by atoms with Gasteiger partial charge in [0.25, 0.3) is 0 Å². The van der Waals surface area contributed by atoms with Gasteiger partial charge in [-0.3, -0.25) is 9.78 Å². The molecule has 0 aliphatic rings. The highest BCUT2D eigenvalue weighted by Gasteiger charge is 2.11. The summed E-state index contributed by atoms with van der Waals surface area (Å²) in [5.41, 5.74) is 1.67. The van der Waals surface area contributed by atoms with E-state index in [-0.39, 0.29) is 18.4 Å². The molecule has 0 unspecified atom stereocenters. The summed E-state index contributed by atoms with van der Waals surface area (Å²) in [6, 6.07) is 12.9. The van der Waals surface area contributed by atoms with Gasteiger partial charge in [-0.1, -0.05) is 35.9 Å². The number of rotatable bonds is 4. The molecule has 0 fully saturated rings. The minimum Gasteiger partial charge on any atom is -0.348 e. The molecule has 0 aliphatic heterocycles. The minimum atomic E-state index is -0.115. The molecular formula is C15H15ClN2O. The second-order valence-corrected chi connectivity index (χ2v) is 4.72. The second-order valence-electron chi connectivity index (χ2n) is 4.31. The third kappa shape index (κ3) is 3.80. The summed E-state index contributed by atoms with van der Waals surface area (Å²) in [5, 5.41) is 3.53. The Morgan fingerprint density at radius 3 is 2.68 bits per heavy atom. The summed E-state index contributed by atoms with van der Waals surface area (Å²) in [6.45, 7) is 1.91. The molecule has 4 heteroatoms. The number of amides is 1. The van der Waals surface area contributed by atoms with Crippen LogP contribution in [0.15, 0.2) is 48.7 Å². The quantitative estimate of drug-likeness (QED) is 0.931. The summed E-state index contributed by atoms with van der Waals surface area (Å²) in [4.78, 5) is 16.2. The SMILES string of the molecule is C[C@@H](NC(=O)Cc1ccccc1Cl)c1ccccn1. The van der Waals surface area contributed by atoms with Crippen LogP contribution in [0.2, 0.25) is 5.02 Å². The molecule has 1 N–H and O–H groups in total. The molecule has 1 heterocycles. The molecule has 1 aromatic carbocycles. The van der Waals surface area contributed by atoms with Crippen molar-refractivity contribution in [3.63, 3.8) is 0 Å². The van der Waals surface area contributed by atoms with Crippen molar-refractivity contribution in [3.8, 4) is 0 Å². The van der Waals surface area contributed by atoms with E-state index in [0.717, 1.165) is 11.3 Å². The van der Waals surface area contributed by atoms with Gasteiger partial charge >= 0.3 is 0 Å². The first-order chi connectivity index (χ1) is 9.16. The first-order valence-corrected chi connectivity index (χ1v) is 6.48. The summed E-state index contributed by atoms with van der Waals surface area (Å²) in [6.07, 6.45) is 1.99. The first-order valence-electron chi connectivity index (χ1n) is 6.10. The van der Waals surface area contributed by atoms with Gasteiger partial charge in [0.2, 0.25) is 5.91 Å². The molecule has 0 bridgehead atoms. The first kappa shape index (κ1) is 13.6. The van der Waals surface area contributed by atoms with Crippen LogP contribution in [0.4, 0.5) is 0 Å². The minimum absolute atomic E-state index is 0.0637. The van der Waals surface area contributed by atoms with Gasteiger partial charge in [-0.05, 0) is 30.7 Å². The van der Waals surface area contributed by atoms with Gasteiger partial charge in [0.15, 0.2) is 0 Å². The van der Waals surface area contributed by atoms with Crippen molar-refractivity contribution in [1.82, 2.24) is 10.3 Å². The molecule has 1 amide bonds. The van der Waals surface area contributed by atoms with E-state index in [2.05, 4.69) is 10.3 Å². The van der Waals surface area contributed by atoms with Crippen LogP contribution in [0, 0.1) is 0 Å². The smallest absolute Gasteiger partial charge is 0.224 e. The Bertz CT molecular complexity index is 557. The van der Waals surface area contributed by atoms with Crippen molar-refractivity contribution < 1.29 is 4.79 Å². The van der Waals surface area contributed by atoms with E-state index < -0.39 is 0 Å². The lowest BCUT2D eigenvalue weighted by Gasteiger charge is -2.13. The fourth-order valence-corrected chi connectivity index (χ4v) is 2.02. The van der Waals surface area contributed by atoms with Crippen LogP contribution in [-0.2, 0) is 11.2 Å². The lowest BCUT2D eigenvalue weighted by Crippen LogP contribution is -2.28. The Labute approximate surface area is 117 Å². The molecule has 2 rings (SSSR count). The van der Waals surface area contributed by atoms with Gasteiger partial charge in [-0.2, -0.15) is 0 Å². The highest BCUT2D eigenvalue weighted by atomic mass is 35.5. The summed E-state index contributed by atoms with van der Waals surface area (Å²) in [7, 11) is 0. The Balaban J connectivity index is 1.97. The maximum absolute atomic E-state index is 12.0. The maximum atomic E-state index is 12.0. The molecule has 0 saturated carbocycles. The van der Waals surface area contributed by atoms with E-state index in [0.29, 0.717) is 5.02 Å². The van der Waals surface area contributed by atoms with Gasteiger partial charge < -0.3 is 5.32 Å². The van der Waals surface area contributed by atoms with Crippen LogP contribution in [0.3, 0.4) is 0 Å². The standard InChI is InChI=1S/C15H15ClN2O/c1-11(14-8-4-5-9-17-14)18-15(19)10-12-6-2-3-7-13(12)16/h2-9,11H,10H2,1H3,(H,18,19)/t11-/m1/s1. The number of nitrogens with one attached hydrogen (secondary N) is 1. The number of hydrogen-bond donors (Lipinski definition) is 1. The number of benzene rings is 1. The van der Waals surface area contributed by atoms with E-state index in [9.17, 15) is 4.79 Å². The Morgan fingerprint density at radius 1 is 1.26 bits per heavy atom. The molecule has 98 valence electrons. The summed E-state index contributed by atoms with van der Waals surface area (Å²) < 4.78 is 0. The molecule has 3 nitrogen and oxygen atoms in total. The van der Waals surface area contributed by atoms with Crippen LogP contribution in [0.1, 0.15) is 24.2 Å². The third-order valence-corrected chi connectivity index (χ3v) is 3.19. The van der Waals surface area contributed by atoms with E-state index >= 15 is 0 Å². The van der Waals surface area contributed by atoms with E-state index in [1.54, 1.807) is 12.3 Å². The number of carbonyl (C=O) groups is 1. The van der Waals surface area contributed by atoms with Crippen molar-refractivity contribution >= 4 is 17.5 Å². The fourth-order valence-electron chi connectivity index (χ4n) is 1.81. The number of nitrogens with zero attached hydrogens (tertiary/aromatic N) is 1. The molecule has 0 aliphatic carbocycles. The van der Waals surface area contributed by atoms with Crippen molar-refractivity contribution in [2.45, 2.75) is 19.4 Å². The van der Waals surface area contributed by atoms with E-state index in [1.807, 2.05) is 43.3 Å². The zero-order valence-corrected chi connectivity index (χ0v) is 11.4. The fraction of sp³-hybridized carbons (Fsp3) is 0.200. The van der Waals surface area contributed by atoms with Crippen molar-refractivity contribution in [2.24, 2.45) is 0 Å². The summed E-state index contributed by atoms with van der Waals surface area (Å²) in [5.74, 6) is -0.0637. The molecule has 0 radical (unpaired) electrons. The van der Waals surface area contributed by atoms with Gasteiger partial charge in [0, 0.05) is 11.2 Å². The Kier molecular flexibility index (Phi) is 4.53. The molecule has 0 spiro atoms. The van der Waals surface area contributed by atoms with Crippen LogP contribution in [-0.4, -0.2) is 10.9 Å². The van der Waals surface area contributed by atoms with Crippen LogP contribution >= 0.6 is 11.6 Å². The van der Waals surface area contributed by atoms with E-state index in [4.69, 9.17) is 11.6 Å². The number of halogens is 1. The number of carbonyl (C=O) groups excluding carboxylic acids is 1. The van der Waals surface area contributed by atoms with Crippen molar-refractivity contribution in [2.75, 3.05) is 0 Å². The highest BCUT2D eigenvalue weighted by molar-refractivity contribution is 6.31. The van der Waals surface area contributed by atoms with Crippen LogP contribution in [0.25, 0.3) is 0 Å². The lowest BCUT2D eigenvalue weighted by molar-refractivity contribution is -0.121. The van der Waals surface area contributed by atoms with E-state index in [1.165, 1.54) is 0 Å². The highest BCUT2D eigenvalue weighted by Crippen LogP contribution is 2.16. The largest absolute Gasteiger partial charge is 0.348 e. The zero-order valence-electron chi connectivity index (χ0n) is 10.6. The number of hydrogen-bond acceptors (Lipinski definition) is 2. The molecule has 1 atom stereocenters. The number of pyridine rings is 1. The van der Waals surface area contributed by atoms with Gasteiger partial charge in [0.1, 0.15) is 0 Å². The average molecular weight is 275 g/mol. The van der Waals surface area contributed by atoms with Crippen molar-refractivity contribution in [1.29, 1.82) is 0 Å². The molecule has 2 aromatic rings. The predicted octanol–water partition coefficient (Wildman–Crippen LogP) is 3.15. The topological polar surface area (TPSA) is 42.0 Å².